The fourth-order valence-corrected chi connectivity index (χ4v) is 5.58. The number of nitrogens with zero attached hydrogens (tertiary/aromatic N) is 7. The van der Waals surface area contributed by atoms with Crippen molar-refractivity contribution in [1.82, 2.24) is 39.2 Å². The Kier molecular flexibility index (Phi) is 6.43. The van der Waals surface area contributed by atoms with Gasteiger partial charge in [-0.2, -0.15) is 5.10 Å². The lowest BCUT2D eigenvalue weighted by Crippen LogP contribution is -2.33. The molecule has 0 bridgehead atoms. The lowest BCUT2D eigenvalue weighted by Gasteiger charge is -2.20. The van der Waals surface area contributed by atoms with Crippen molar-refractivity contribution in [2.75, 3.05) is 5.73 Å². The molecule has 6 aromatic rings. The van der Waals surface area contributed by atoms with Gasteiger partial charge in [0.1, 0.15) is 11.4 Å². The third-order valence-corrected chi connectivity index (χ3v) is 7.64. The van der Waals surface area contributed by atoms with Crippen LogP contribution in [-0.2, 0) is 13.0 Å². The lowest BCUT2D eigenvalue weighted by molar-refractivity contribution is 0.0940. The van der Waals surface area contributed by atoms with E-state index in [9.17, 15) is 9.59 Å². The van der Waals surface area contributed by atoms with E-state index in [4.69, 9.17) is 10.7 Å². The molecular formula is C32H27N9O2. The number of carbonyl (C=O) groups is 1. The van der Waals surface area contributed by atoms with Crippen LogP contribution in [0.1, 0.15) is 58.8 Å². The molecular weight excluding hydrogens is 542 g/mol. The second kappa shape index (κ2) is 10.6. The number of hydrogen-bond donors (Lipinski definition) is 2. The van der Waals surface area contributed by atoms with E-state index in [1.165, 1.54) is 9.08 Å². The Labute approximate surface area is 246 Å². The van der Waals surface area contributed by atoms with Gasteiger partial charge in [-0.3, -0.25) is 18.8 Å². The number of amides is 1. The number of nitrogens with two attached hydrogens (primary N) is 1. The van der Waals surface area contributed by atoms with Crippen LogP contribution in [0.4, 0.5) is 5.82 Å². The maximum atomic E-state index is 14.3. The number of fused-ring (bicyclic) bond motifs is 3. The zero-order chi connectivity index (χ0) is 29.5. The number of aryl methyl sites for hydroxylation is 1. The highest BCUT2D eigenvalue weighted by Crippen LogP contribution is 2.23. The van der Waals surface area contributed by atoms with Crippen LogP contribution in [0.2, 0.25) is 0 Å². The van der Waals surface area contributed by atoms with Gasteiger partial charge in [0, 0.05) is 24.5 Å². The minimum absolute atomic E-state index is 0.0539. The summed E-state index contributed by atoms with van der Waals surface area (Å²) < 4.78 is 4.99. The van der Waals surface area contributed by atoms with Gasteiger partial charge in [0.15, 0.2) is 11.5 Å². The summed E-state index contributed by atoms with van der Waals surface area (Å²) in [4.78, 5) is 36.9. The first-order chi connectivity index (χ1) is 21.0. The molecule has 11 nitrogen and oxygen atoms in total. The Morgan fingerprint density at radius 1 is 1.05 bits per heavy atom. The number of aromatic nitrogens is 7. The van der Waals surface area contributed by atoms with E-state index in [2.05, 4.69) is 32.3 Å². The number of benzene rings is 2. The first-order valence-electron chi connectivity index (χ1n) is 14.1. The van der Waals surface area contributed by atoms with Crippen molar-refractivity contribution in [3.63, 3.8) is 0 Å². The number of rotatable bonds is 4. The predicted octanol–water partition coefficient (Wildman–Crippen LogP) is 3.43. The van der Waals surface area contributed by atoms with Crippen molar-refractivity contribution in [3.8, 4) is 17.5 Å². The number of nitrogen functional groups attached to an aromatic ring is 1. The highest BCUT2D eigenvalue weighted by atomic mass is 16.2. The zero-order valence-electron chi connectivity index (χ0n) is 23.4. The fraction of sp³-hybridized carbons (Fsp3) is 0.188. The molecule has 7 rings (SSSR count). The average Bonchev–Trinajstić information content (AvgIpc) is 3.60. The SMILES string of the molecule is C[C@H](NC(=O)c1c(N)nn2cccnc12)c1nc2cccc(C#Cc3cnn4c3CCCC4)c2c(=O)n1-c1ccccc1. The number of hydrogen-bond acceptors (Lipinski definition) is 7. The first kappa shape index (κ1) is 26.2. The highest BCUT2D eigenvalue weighted by molar-refractivity contribution is 6.04. The molecule has 3 N–H and O–H groups in total. The summed E-state index contributed by atoms with van der Waals surface area (Å²) in [5.41, 5.74) is 9.96. The van der Waals surface area contributed by atoms with Crippen molar-refractivity contribution in [3.05, 3.63) is 112 Å². The number of anilines is 1. The topological polar surface area (TPSA) is 138 Å². The van der Waals surface area contributed by atoms with Gasteiger partial charge in [-0.1, -0.05) is 36.1 Å². The molecule has 43 heavy (non-hydrogen) atoms. The van der Waals surface area contributed by atoms with Gasteiger partial charge in [0.05, 0.1) is 40.1 Å². The third-order valence-electron chi connectivity index (χ3n) is 7.64. The van der Waals surface area contributed by atoms with E-state index in [0.717, 1.165) is 37.1 Å². The minimum Gasteiger partial charge on any atom is -0.381 e. The maximum Gasteiger partial charge on any atom is 0.267 e. The van der Waals surface area contributed by atoms with Crippen LogP contribution in [0.5, 0.6) is 0 Å². The van der Waals surface area contributed by atoms with Gasteiger partial charge < -0.3 is 11.1 Å². The van der Waals surface area contributed by atoms with Crippen molar-refractivity contribution in [1.29, 1.82) is 0 Å². The Morgan fingerprint density at radius 3 is 2.74 bits per heavy atom. The first-order valence-corrected chi connectivity index (χ1v) is 14.1. The molecule has 0 fully saturated rings. The molecule has 4 aromatic heterocycles. The summed E-state index contributed by atoms with van der Waals surface area (Å²) in [6, 6.07) is 15.7. The third kappa shape index (κ3) is 4.59. The minimum atomic E-state index is -0.684. The normalized spacial score (nSPS) is 13.3. The van der Waals surface area contributed by atoms with E-state index in [0.29, 0.717) is 33.6 Å². The van der Waals surface area contributed by atoms with Crippen molar-refractivity contribution < 1.29 is 4.79 Å². The van der Waals surface area contributed by atoms with Crippen LogP contribution in [-0.4, -0.2) is 39.8 Å². The molecule has 1 atom stereocenters. The summed E-state index contributed by atoms with van der Waals surface area (Å²) in [5, 5.41) is 12.0. The van der Waals surface area contributed by atoms with Crippen LogP contribution in [0.15, 0.2) is 78.0 Å². The molecule has 0 unspecified atom stereocenters. The summed E-state index contributed by atoms with van der Waals surface area (Å²) >= 11 is 0. The molecule has 5 heterocycles. The number of para-hydroxylation sites is 1. The molecule has 1 aliphatic rings. The van der Waals surface area contributed by atoms with E-state index >= 15 is 0 Å². The Bertz CT molecular complexity index is 2150. The number of carbonyl (C=O) groups excluding carboxylic acids is 1. The van der Waals surface area contributed by atoms with Crippen molar-refractivity contribution in [2.45, 2.75) is 38.8 Å². The molecule has 0 spiro atoms. The second-order valence-corrected chi connectivity index (χ2v) is 10.4. The smallest absolute Gasteiger partial charge is 0.267 e. The van der Waals surface area contributed by atoms with Gasteiger partial charge in [-0.05, 0) is 56.5 Å². The molecule has 212 valence electrons. The molecule has 0 aliphatic carbocycles. The fourth-order valence-electron chi connectivity index (χ4n) is 5.58. The largest absolute Gasteiger partial charge is 0.381 e. The summed E-state index contributed by atoms with van der Waals surface area (Å²) in [6.45, 7) is 2.67. The molecule has 1 amide bonds. The van der Waals surface area contributed by atoms with Crippen LogP contribution < -0.4 is 16.6 Å². The summed E-state index contributed by atoms with van der Waals surface area (Å²) in [6.07, 6.45) is 8.19. The summed E-state index contributed by atoms with van der Waals surface area (Å²) in [7, 11) is 0. The zero-order valence-corrected chi connectivity index (χ0v) is 23.4. The van der Waals surface area contributed by atoms with Gasteiger partial charge in [-0.15, -0.1) is 5.10 Å². The Hall–Kier alpha value is -5.76. The van der Waals surface area contributed by atoms with Crippen LogP contribution >= 0.6 is 0 Å². The van der Waals surface area contributed by atoms with Gasteiger partial charge in [0.25, 0.3) is 11.5 Å². The summed E-state index contributed by atoms with van der Waals surface area (Å²) in [5.74, 6) is 6.42. The second-order valence-electron chi connectivity index (χ2n) is 10.4. The van der Waals surface area contributed by atoms with Gasteiger partial charge in [-0.25, -0.2) is 14.5 Å². The standard InChI is InChI=1S/C32H27N9O2/c1-20(36-31(42)27-28(33)38-40-18-8-16-34-30(27)40)29-37-24-12-7-9-21(14-15-22-19-35-39-17-6-5-13-25(22)39)26(24)32(43)41(29)23-10-3-2-4-11-23/h2-4,7-12,16,18-20H,5-6,13,17H2,1H3,(H2,33,38)(H,36,42)/t20-/m0/s1. The quantitative estimate of drug-likeness (QED) is 0.310. The highest BCUT2D eigenvalue weighted by Gasteiger charge is 2.25. The van der Waals surface area contributed by atoms with Gasteiger partial charge in [0.2, 0.25) is 0 Å². The molecule has 0 saturated carbocycles. The lowest BCUT2D eigenvalue weighted by atomic mass is 10.1. The van der Waals surface area contributed by atoms with Crippen molar-refractivity contribution in [2.24, 2.45) is 0 Å². The Morgan fingerprint density at radius 2 is 1.88 bits per heavy atom. The monoisotopic (exact) mass is 569 g/mol. The van der Waals surface area contributed by atoms with Gasteiger partial charge >= 0.3 is 0 Å². The molecule has 0 radical (unpaired) electrons. The Balaban J connectivity index is 1.33. The van der Waals surface area contributed by atoms with E-state index in [1.54, 1.807) is 37.6 Å². The van der Waals surface area contributed by atoms with Crippen molar-refractivity contribution >= 4 is 28.3 Å². The van der Waals surface area contributed by atoms with Crippen LogP contribution in [0.3, 0.4) is 0 Å². The van der Waals surface area contributed by atoms with E-state index in [1.807, 2.05) is 47.1 Å². The molecule has 11 heteroatoms. The molecule has 1 aliphatic heterocycles. The van der Waals surface area contributed by atoms with Crippen LogP contribution in [0, 0.1) is 11.8 Å². The van der Waals surface area contributed by atoms with E-state index < -0.39 is 11.9 Å². The van der Waals surface area contributed by atoms with Crippen LogP contribution in [0.25, 0.3) is 22.2 Å². The molecule has 2 aromatic carbocycles. The van der Waals surface area contributed by atoms with E-state index in [-0.39, 0.29) is 16.9 Å². The maximum absolute atomic E-state index is 14.3. The number of nitrogens with one attached hydrogen (secondary N) is 1. The predicted molar refractivity (Wildman–Crippen MR) is 162 cm³/mol. The molecule has 0 saturated heterocycles. The average molecular weight is 570 g/mol.